The summed E-state index contributed by atoms with van der Waals surface area (Å²) in [5.74, 6) is -0.205. The van der Waals surface area contributed by atoms with Crippen LogP contribution in [-0.2, 0) is 28.5 Å². The molecule has 0 saturated heterocycles. The monoisotopic (exact) mass is 671 g/mol. The zero-order valence-corrected chi connectivity index (χ0v) is 27.2. The Balaban J connectivity index is 0.00000480. The molecule has 0 unspecified atom stereocenters. The van der Waals surface area contributed by atoms with E-state index < -0.39 is 28.7 Å². The topological polar surface area (TPSA) is 49.8 Å². The van der Waals surface area contributed by atoms with Crippen molar-refractivity contribution in [2.24, 2.45) is 0 Å². The van der Waals surface area contributed by atoms with Crippen LogP contribution in [-0.4, -0.2) is 29.1 Å². The Morgan fingerprint density at radius 1 is 0.891 bits per heavy atom. The first-order valence-corrected chi connectivity index (χ1v) is 15.6. The highest BCUT2D eigenvalue weighted by atomic mass is 35.5. The van der Waals surface area contributed by atoms with Gasteiger partial charge in [0.2, 0.25) is 0 Å². The first kappa shape index (κ1) is 35.3. The minimum atomic E-state index is -4.57. The van der Waals surface area contributed by atoms with Crippen LogP contribution < -0.4 is 4.74 Å². The molecule has 0 aliphatic heterocycles. The van der Waals surface area contributed by atoms with Gasteiger partial charge in [0.05, 0.1) is 28.1 Å². The lowest BCUT2D eigenvalue weighted by Gasteiger charge is -2.43. The quantitative estimate of drug-likeness (QED) is 0.152. The van der Waals surface area contributed by atoms with E-state index in [-0.39, 0.29) is 24.0 Å². The molecule has 0 amide bonds. The van der Waals surface area contributed by atoms with Gasteiger partial charge in [0.1, 0.15) is 5.75 Å². The van der Waals surface area contributed by atoms with E-state index in [0.29, 0.717) is 43.7 Å². The highest BCUT2D eigenvalue weighted by molar-refractivity contribution is 6.32. The van der Waals surface area contributed by atoms with Crippen molar-refractivity contribution in [1.29, 1.82) is 0 Å². The van der Waals surface area contributed by atoms with Gasteiger partial charge in [-0.25, -0.2) is 0 Å². The smallest absolute Gasteiger partial charge is 0.417 e. The van der Waals surface area contributed by atoms with Gasteiger partial charge in [0.25, 0.3) is 0 Å². The van der Waals surface area contributed by atoms with Gasteiger partial charge in [-0.15, -0.1) is 12.4 Å². The fourth-order valence-electron chi connectivity index (χ4n) is 6.58. The summed E-state index contributed by atoms with van der Waals surface area (Å²) < 4.78 is 47.5. The first-order valence-electron chi connectivity index (χ1n) is 15.2. The van der Waals surface area contributed by atoms with Crippen LogP contribution in [0.15, 0.2) is 103 Å². The lowest BCUT2D eigenvalue weighted by Crippen LogP contribution is -2.45. The molecule has 0 heterocycles. The number of hydrogen-bond acceptors (Lipinski definition) is 3. The Morgan fingerprint density at radius 2 is 1.48 bits per heavy atom. The van der Waals surface area contributed by atoms with E-state index in [9.17, 15) is 23.1 Å². The Hall–Kier alpha value is -3.52. The molecule has 46 heavy (non-hydrogen) atoms. The number of hydrogen-bond donors (Lipinski definition) is 1. The van der Waals surface area contributed by atoms with Gasteiger partial charge in [-0.2, -0.15) is 13.2 Å². The molecule has 4 nitrogen and oxygen atoms in total. The van der Waals surface area contributed by atoms with Gasteiger partial charge in [-0.05, 0) is 66.6 Å². The number of alkyl halides is 3. The Bertz CT molecular complexity index is 1550. The molecule has 4 aromatic carbocycles. The normalized spacial score (nSPS) is 14.6. The number of nitrogens with zero attached hydrogens (tertiary/aromatic N) is 1. The van der Waals surface area contributed by atoms with E-state index >= 15 is 0 Å². The number of aliphatic carboxylic acids is 1. The SMILES string of the molecule is CC(c1ccccc1)(c1ccccc1)N(CCCOc1cccc(C2(C(=O)O)CCCC2)c1)Cc1cccc(C(F)(F)F)c1Cl.Cl. The number of ether oxygens (including phenoxy) is 1. The average Bonchev–Trinajstić information content (AvgIpc) is 3.55. The van der Waals surface area contributed by atoms with Crippen molar-refractivity contribution in [3.63, 3.8) is 0 Å². The Kier molecular flexibility index (Phi) is 11.5. The fourth-order valence-corrected chi connectivity index (χ4v) is 6.87. The van der Waals surface area contributed by atoms with E-state index in [2.05, 4.69) is 11.8 Å². The molecule has 0 aromatic heterocycles. The third-order valence-electron chi connectivity index (χ3n) is 9.14. The van der Waals surface area contributed by atoms with Gasteiger partial charge >= 0.3 is 12.1 Å². The molecule has 1 aliphatic rings. The summed E-state index contributed by atoms with van der Waals surface area (Å²) >= 11 is 6.41. The Labute approximate surface area is 279 Å². The third-order valence-corrected chi connectivity index (χ3v) is 9.59. The van der Waals surface area contributed by atoms with E-state index in [1.54, 1.807) is 6.07 Å². The van der Waals surface area contributed by atoms with E-state index in [1.807, 2.05) is 84.9 Å². The molecule has 0 radical (unpaired) electrons. The summed E-state index contributed by atoms with van der Waals surface area (Å²) in [6, 6.07) is 31.2. The number of carbonyl (C=O) groups is 1. The van der Waals surface area contributed by atoms with Crippen LogP contribution >= 0.6 is 24.0 Å². The molecule has 1 fully saturated rings. The van der Waals surface area contributed by atoms with Crippen LogP contribution in [0.4, 0.5) is 13.2 Å². The van der Waals surface area contributed by atoms with Crippen LogP contribution in [0.3, 0.4) is 0 Å². The van der Waals surface area contributed by atoms with Gasteiger partial charge in [-0.1, -0.05) is 109 Å². The lowest BCUT2D eigenvalue weighted by molar-refractivity contribution is -0.143. The molecule has 0 spiro atoms. The molecule has 9 heteroatoms. The maximum Gasteiger partial charge on any atom is 0.417 e. The minimum absolute atomic E-state index is 0. The molecular formula is C37H38Cl2F3NO3. The largest absolute Gasteiger partial charge is 0.494 e. The second-order valence-corrected chi connectivity index (χ2v) is 12.2. The number of halogens is 5. The standard InChI is InChI=1S/C37H37ClF3NO3.ClH/c1-35(28-14-4-2-5-15-28,29-16-6-3-7-17-29)42(26-27-13-10-20-32(33(27)38)37(39,40)41)23-12-24-45-31-19-11-18-30(25-31)36(34(43)44)21-8-9-22-36;/h2-7,10-11,13-20,25H,8-9,12,21-24,26H2,1H3,(H,43,44);1H. The molecule has 244 valence electrons. The second-order valence-electron chi connectivity index (χ2n) is 11.8. The summed E-state index contributed by atoms with van der Waals surface area (Å²) in [6.45, 7) is 3.05. The van der Waals surface area contributed by atoms with Gasteiger partial charge in [0, 0.05) is 13.1 Å². The summed E-state index contributed by atoms with van der Waals surface area (Å²) in [5, 5.41) is 9.73. The van der Waals surface area contributed by atoms with E-state index in [0.717, 1.165) is 35.6 Å². The summed E-state index contributed by atoms with van der Waals surface area (Å²) in [5.41, 5.74) is 0.670. The Morgan fingerprint density at radius 3 is 2.04 bits per heavy atom. The molecule has 1 aliphatic carbocycles. The number of carboxylic acid groups (broad SMARTS) is 1. The number of rotatable bonds is 12. The maximum atomic E-state index is 13.8. The molecule has 5 rings (SSSR count). The zero-order valence-electron chi connectivity index (χ0n) is 25.6. The average molecular weight is 673 g/mol. The molecule has 1 saturated carbocycles. The highest BCUT2D eigenvalue weighted by Crippen LogP contribution is 2.43. The minimum Gasteiger partial charge on any atom is -0.494 e. The first-order chi connectivity index (χ1) is 21.6. The number of carboxylic acids is 1. The molecule has 0 atom stereocenters. The van der Waals surface area contributed by atoms with E-state index in [1.165, 1.54) is 6.07 Å². The molecular weight excluding hydrogens is 634 g/mol. The zero-order chi connectivity index (χ0) is 32.1. The van der Waals surface area contributed by atoms with E-state index in [4.69, 9.17) is 16.3 Å². The summed E-state index contributed by atoms with van der Waals surface area (Å²) in [4.78, 5) is 14.4. The molecule has 4 aromatic rings. The predicted octanol–water partition coefficient (Wildman–Crippen LogP) is 9.91. The molecule has 0 bridgehead atoms. The van der Waals surface area contributed by atoms with Crippen molar-refractivity contribution in [2.75, 3.05) is 13.2 Å². The van der Waals surface area contributed by atoms with Crippen LogP contribution in [0, 0.1) is 0 Å². The van der Waals surface area contributed by atoms with Crippen LogP contribution in [0.25, 0.3) is 0 Å². The second kappa shape index (κ2) is 14.9. The van der Waals surface area contributed by atoms with Crippen molar-refractivity contribution >= 4 is 30.0 Å². The van der Waals surface area contributed by atoms with Crippen molar-refractivity contribution < 1.29 is 27.8 Å². The van der Waals surface area contributed by atoms with Crippen molar-refractivity contribution in [3.8, 4) is 5.75 Å². The lowest BCUT2D eigenvalue weighted by atomic mass is 9.79. The summed E-state index contributed by atoms with van der Waals surface area (Å²) in [7, 11) is 0. The molecule has 1 N–H and O–H groups in total. The van der Waals surface area contributed by atoms with Gasteiger partial charge in [-0.3, -0.25) is 9.69 Å². The van der Waals surface area contributed by atoms with Crippen LogP contribution in [0.1, 0.15) is 66.8 Å². The van der Waals surface area contributed by atoms with Crippen molar-refractivity contribution in [3.05, 3.63) is 136 Å². The fraction of sp³-hybridized carbons (Fsp3) is 0.324. The van der Waals surface area contributed by atoms with Crippen molar-refractivity contribution in [1.82, 2.24) is 4.90 Å². The van der Waals surface area contributed by atoms with Crippen LogP contribution in [0.2, 0.25) is 5.02 Å². The van der Waals surface area contributed by atoms with Gasteiger partial charge in [0.15, 0.2) is 0 Å². The van der Waals surface area contributed by atoms with Crippen molar-refractivity contribution in [2.45, 2.75) is 62.7 Å². The highest BCUT2D eigenvalue weighted by Gasteiger charge is 2.43. The number of benzene rings is 4. The predicted molar refractivity (Wildman–Crippen MR) is 178 cm³/mol. The summed E-state index contributed by atoms with van der Waals surface area (Å²) in [6.07, 6.45) is -1.04. The van der Waals surface area contributed by atoms with Gasteiger partial charge < -0.3 is 9.84 Å². The third kappa shape index (κ3) is 7.38. The maximum absolute atomic E-state index is 13.8. The van der Waals surface area contributed by atoms with Crippen LogP contribution in [0.5, 0.6) is 5.75 Å².